The molecule has 0 unspecified atom stereocenters. The Hall–Kier alpha value is -5.94. The van der Waals surface area contributed by atoms with Gasteiger partial charge in [0.1, 0.15) is 28.6 Å². The third-order valence-electron chi connectivity index (χ3n) is 7.25. The summed E-state index contributed by atoms with van der Waals surface area (Å²) in [6, 6.07) is 19.8. The van der Waals surface area contributed by atoms with Crippen molar-refractivity contribution in [2.75, 3.05) is 26.6 Å². The molecule has 0 radical (unpaired) electrons. The number of hydrogen-bond donors (Lipinski definition) is 2. The molecule has 0 atom stereocenters. The number of aromatic nitrogens is 4. The van der Waals surface area contributed by atoms with Crippen LogP contribution in [0.1, 0.15) is 120 Å². The fourth-order valence-corrected chi connectivity index (χ4v) is 4.37. The Morgan fingerprint density at radius 1 is 0.787 bits per heavy atom. The smallest absolute Gasteiger partial charge is 0.284 e. The topological polar surface area (TPSA) is 136 Å². The van der Waals surface area contributed by atoms with Crippen LogP contribution >= 0.6 is 0 Å². The van der Waals surface area contributed by atoms with Crippen molar-refractivity contribution < 1.29 is 19.0 Å². The fourth-order valence-electron chi connectivity index (χ4n) is 4.37. The summed E-state index contributed by atoms with van der Waals surface area (Å²) in [4.78, 5) is 34.7. The Bertz CT molecular complexity index is 1990. The first kappa shape index (κ1) is 61.7. The van der Waals surface area contributed by atoms with Gasteiger partial charge in [0.05, 0.1) is 43.1 Å². The van der Waals surface area contributed by atoms with Crippen LogP contribution in [-0.4, -0.2) is 46.5 Å². The standard InChI is InChI=1S/C27H23N5O4.C7H12.C5H10O.5C2H6.CH5N/c1-17-25(27(34)32(31(17)2)18-7-5-4-6-8-18)26(33)30-24-12-10-20(16-29-24)36-23-13-14-28-22-15-19(35-3)9-11-21(22)23;1-4-5-6-7(2)3;1-4-5(2)6-3;6*1-2/h4-16H,1-3H3,(H,29,30,33);4-6H,1-3H3;4H,1-3H3;5*1-2H3;2H2,1H3/b;5-4-;5-4+;;;;;;. The van der Waals surface area contributed by atoms with Gasteiger partial charge in [0.25, 0.3) is 11.5 Å². The first-order valence-electron chi connectivity index (χ1n) is 21.3. The van der Waals surface area contributed by atoms with Gasteiger partial charge in [-0.15, -0.1) is 0 Å². The summed E-state index contributed by atoms with van der Waals surface area (Å²) < 4.78 is 19.1. The molecule has 11 nitrogen and oxygen atoms in total. The van der Waals surface area contributed by atoms with Crippen LogP contribution in [0.4, 0.5) is 5.82 Å². The van der Waals surface area contributed by atoms with E-state index in [0.717, 1.165) is 16.7 Å². The lowest BCUT2D eigenvalue weighted by molar-refractivity contribution is 0.102. The van der Waals surface area contributed by atoms with Crippen molar-refractivity contribution in [2.24, 2.45) is 12.8 Å². The molecule has 3 heterocycles. The van der Waals surface area contributed by atoms with E-state index < -0.39 is 11.5 Å². The van der Waals surface area contributed by atoms with Crippen LogP contribution in [-0.2, 0) is 11.8 Å². The van der Waals surface area contributed by atoms with E-state index in [9.17, 15) is 9.59 Å². The summed E-state index contributed by atoms with van der Waals surface area (Å²) in [5.74, 6) is 2.54. The van der Waals surface area contributed by atoms with Gasteiger partial charge in [0.15, 0.2) is 0 Å². The lowest BCUT2D eigenvalue weighted by atomic mass is 10.2. The molecule has 0 aliphatic rings. The molecule has 3 N–H and O–H groups in total. The fraction of sp³-hybridized carbons (Fsp3) is 0.400. The van der Waals surface area contributed by atoms with E-state index in [1.165, 1.54) is 23.5 Å². The van der Waals surface area contributed by atoms with Gasteiger partial charge in [0.2, 0.25) is 0 Å². The maximum atomic E-state index is 13.1. The average Bonchev–Trinajstić information content (AvgIpc) is 3.56. The molecule has 11 heteroatoms. The molecule has 5 aromatic rings. The van der Waals surface area contributed by atoms with E-state index in [1.807, 2.05) is 157 Å². The van der Waals surface area contributed by atoms with Crippen molar-refractivity contribution in [1.82, 2.24) is 19.3 Å². The number of nitrogens with one attached hydrogen (secondary N) is 1. The van der Waals surface area contributed by atoms with Gasteiger partial charge in [-0.05, 0) is 91.1 Å². The van der Waals surface area contributed by atoms with Gasteiger partial charge in [-0.25, -0.2) is 9.67 Å². The number of carbonyl (C=O) groups is 1. The van der Waals surface area contributed by atoms with E-state index >= 15 is 0 Å². The van der Waals surface area contributed by atoms with Crippen molar-refractivity contribution in [3.8, 4) is 22.9 Å². The largest absolute Gasteiger partial charge is 0.502 e. The van der Waals surface area contributed by atoms with Crippen LogP contribution in [0.25, 0.3) is 16.6 Å². The van der Waals surface area contributed by atoms with Crippen molar-refractivity contribution >= 4 is 22.6 Å². The minimum atomic E-state index is -0.530. The molecule has 61 heavy (non-hydrogen) atoms. The number of fused-ring (bicyclic) bond motifs is 1. The molecule has 0 aliphatic heterocycles. The number of para-hydroxylation sites is 1. The highest BCUT2D eigenvalue weighted by Crippen LogP contribution is 2.30. The van der Waals surface area contributed by atoms with E-state index in [1.54, 1.807) is 57.3 Å². The zero-order valence-electron chi connectivity index (χ0n) is 41.2. The Morgan fingerprint density at radius 3 is 1.80 bits per heavy atom. The van der Waals surface area contributed by atoms with Crippen LogP contribution in [0.5, 0.6) is 17.2 Å². The molecule has 2 aromatic carbocycles. The zero-order valence-corrected chi connectivity index (χ0v) is 41.2. The van der Waals surface area contributed by atoms with Crippen molar-refractivity contribution in [1.29, 1.82) is 0 Å². The highest BCUT2D eigenvalue weighted by atomic mass is 16.5. The summed E-state index contributed by atoms with van der Waals surface area (Å²) in [5, 5.41) is 3.53. The van der Waals surface area contributed by atoms with Gasteiger partial charge in [-0.2, -0.15) is 0 Å². The van der Waals surface area contributed by atoms with E-state index in [0.29, 0.717) is 34.4 Å². The van der Waals surface area contributed by atoms with Gasteiger partial charge in [-0.3, -0.25) is 19.3 Å². The number of carbonyl (C=O) groups excluding carboxylic acids is 1. The third-order valence-corrected chi connectivity index (χ3v) is 7.25. The number of amides is 1. The molecule has 1 amide bonds. The lowest BCUT2D eigenvalue weighted by Crippen LogP contribution is -2.25. The monoisotopic (exact) mass is 845 g/mol. The minimum Gasteiger partial charge on any atom is -0.502 e. The molecule has 0 saturated heterocycles. The number of anilines is 1. The Balaban J connectivity index is -0.000000543. The lowest BCUT2D eigenvalue weighted by Gasteiger charge is -2.10. The number of hydrogen-bond acceptors (Lipinski definition) is 8. The summed E-state index contributed by atoms with van der Waals surface area (Å²) in [6.45, 7) is 31.8. The van der Waals surface area contributed by atoms with Crippen molar-refractivity contribution in [2.45, 2.75) is 111 Å². The summed E-state index contributed by atoms with van der Waals surface area (Å²) >= 11 is 0. The molecule has 3 aromatic heterocycles. The van der Waals surface area contributed by atoms with Crippen molar-refractivity contribution in [3.05, 3.63) is 136 Å². The number of ether oxygens (including phenoxy) is 3. The number of benzene rings is 2. The highest BCUT2D eigenvalue weighted by Gasteiger charge is 2.22. The normalized spacial score (nSPS) is 9.23. The predicted octanol–water partition coefficient (Wildman–Crippen LogP) is 13.3. The number of methoxy groups -OCH3 is 2. The van der Waals surface area contributed by atoms with Gasteiger partial charge < -0.3 is 25.3 Å². The number of rotatable bonds is 8. The average molecular weight is 845 g/mol. The quantitative estimate of drug-likeness (QED) is 0.116. The van der Waals surface area contributed by atoms with Crippen LogP contribution in [0.2, 0.25) is 0 Å². The van der Waals surface area contributed by atoms with Gasteiger partial charge in [0, 0.05) is 24.7 Å². The number of nitrogens with two attached hydrogens (primary N) is 1. The van der Waals surface area contributed by atoms with Gasteiger partial charge >= 0.3 is 0 Å². The Morgan fingerprint density at radius 2 is 1.36 bits per heavy atom. The maximum absolute atomic E-state index is 13.1. The summed E-state index contributed by atoms with van der Waals surface area (Å²) in [6.07, 6.45) is 11.2. The Labute approximate surface area is 369 Å². The summed E-state index contributed by atoms with van der Waals surface area (Å²) in [7, 11) is 6.50. The molecule has 5 rings (SSSR count). The Kier molecular flexibility index (Phi) is 40.0. The van der Waals surface area contributed by atoms with Crippen LogP contribution < -0.4 is 26.1 Å². The second kappa shape index (κ2) is 39.5. The molecule has 0 saturated carbocycles. The molecule has 0 bridgehead atoms. The molecular weight excluding hydrogens is 765 g/mol. The van der Waals surface area contributed by atoms with Crippen LogP contribution in [0, 0.1) is 6.92 Å². The third kappa shape index (κ3) is 22.3. The molecule has 340 valence electrons. The SMILES string of the molecule is C/C=C(\C)OC.C/C=C\C=C(C)C.CC.CC.CC.CC.CC.CN.COc1ccc2c(Oc3ccc(NC(=O)c4c(C)n(C)n(-c5ccccc5)c4=O)nc3)ccnc2c1. The van der Waals surface area contributed by atoms with Crippen molar-refractivity contribution in [3.63, 3.8) is 0 Å². The minimum absolute atomic E-state index is 0.0576. The van der Waals surface area contributed by atoms with E-state index in [4.69, 9.17) is 14.2 Å². The first-order valence-corrected chi connectivity index (χ1v) is 21.3. The van der Waals surface area contributed by atoms with E-state index in [2.05, 4.69) is 40.9 Å². The first-order chi connectivity index (χ1) is 29.5. The summed E-state index contributed by atoms with van der Waals surface area (Å²) in [5.41, 5.74) is 7.46. The molecule has 0 spiro atoms. The zero-order chi connectivity index (χ0) is 47.9. The molecule has 0 aliphatic carbocycles. The van der Waals surface area contributed by atoms with Gasteiger partial charge in [-0.1, -0.05) is 117 Å². The maximum Gasteiger partial charge on any atom is 0.284 e. The second-order valence-electron chi connectivity index (χ2n) is 10.9. The second-order valence-corrected chi connectivity index (χ2v) is 10.9. The number of allylic oxidation sites excluding steroid dienone is 6. The highest BCUT2D eigenvalue weighted by molar-refractivity contribution is 6.04. The van der Waals surface area contributed by atoms with Crippen LogP contribution in [0.15, 0.2) is 120 Å². The number of nitrogens with zero attached hydrogens (tertiary/aromatic N) is 4. The molecule has 0 fully saturated rings. The molecular formula is C50H80N6O5. The number of pyridine rings is 2. The van der Waals surface area contributed by atoms with Crippen LogP contribution in [0.3, 0.4) is 0 Å². The predicted molar refractivity (Wildman–Crippen MR) is 264 cm³/mol. The van der Waals surface area contributed by atoms with E-state index in [-0.39, 0.29) is 5.56 Å².